The molecule has 4 N–H and O–H groups in total. The van der Waals surface area contributed by atoms with Gasteiger partial charge in [0.2, 0.25) is 0 Å². The first-order chi connectivity index (χ1) is 15.0. The number of aliphatic hydroxyl groups excluding tert-OH is 3. The molecule has 5 nitrogen and oxygen atoms in total. The molecular formula is C26H22O5. The van der Waals surface area contributed by atoms with E-state index in [4.69, 9.17) is 4.74 Å². The quantitative estimate of drug-likeness (QED) is 0.453. The SMILES string of the molecule is OC[C@H]1O[C@H](C#Cc2ccc3ccccc3c2)[C@](O)(C#Cc2ccccc2)[C@@H](O)[C@@H]1O. The average Bonchev–Trinajstić information content (AvgIpc) is 2.81. The number of rotatable bonds is 1. The molecule has 3 aromatic rings. The van der Waals surface area contributed by atoms with Gasteiger partial charge in [-0.05, 0) is 35.0 Å². The first kappa shape index (κ1) is 21.1. The van der Waals surface area contributed by atoms with Crippen LogP contribution in [0.2, 0.25) is 0 Å². The van der Waals surface area contributed by atoms with Crippen LogP contribution in [0.3, 0.4) is 0 Å². The molecule has 3 aromatic carbocycles. The highest BCUT2D eigenvalue weighted by molar-refractivity contribution is 5.83. The van der Waals surface area contributed by atoms with Gasteiger partial charge in [-0.3, -0.25) is 0 Å². The van der Waals surface area contributed by atoms with Crippen molar-refractivity contribution in [2.24, 2.45) is 0 Å². The first-order valence-electron chi connectivity index (χ1n) is 9.94. The van der Waals surface area contributed by atoms with Crippen LogP contribution in [-0.2, 0) is 4.74 Å². The summed E-state index contributed by atoms with van der Waals surface area (Å²) in [5.74, 6) is 11.3. The zero-order valence-electron chi connectivity index (χ0n) is 16.6. The fraction of sp³-hybridized carbons (Fsp3) is 0.231. The molecule has 5 heteroatoms. The maximum Gasteiger partial charge on any atom is 0.191 e. The van der Waals surface area contributed by atoms with Crippen LogP contribution in [0.15, 0.2) is 72.8 Å². The zero-order valence-corrected chi connectivity index (χ0v) is 16.6. The molecule has 0 unspecified atom stereocenters. The van der Waals surface area contributed by atoms with E-state index >= 15 is 0 Å². The van der Waals surface area contributed by atoms with Gasteiger partial charge in [0.05, 0.1) is 6.61 Å². The molecule has 0 aromatic heterocycles. The Morgan fingerprint density at radius 3 is 2.29 bits per heavy atom. The molecule has 1 aliphatic rings. The average molecular weight is 414 g/mol. The molecule has 0 amide bonds. The summed E-state index contributed by atoms with van der Waals surface area (Å²) in [5, 5.41) is 43.7. The van der Waals surface area contributed by atoms with Crippen molar-refractivity contribution in [1.29, 1.82) is 0 Å². The van der Waals surface area contributed by atoms with Crippen LogP contribution in [0, 0.1) is 23.7 Å². The van der Waals surface area contributed by atoms with Crippen molar-refractivity contribution in [1.82, 2.24) is 0 Å². The molecule has 1 heterocycles. The highest BCUT2D eigenvalue weighted by Crippen LogP contribution is 2.30. The van der Waals surface area contributed by atoms with Crippen molar-refractivity contribution in [3.8, 4) is 23.7 Å². The second-order valence-corrected chi connectivity index (χ2v) is 7.45. The van der Waals surface area contributed by atoms with Gasteiger partial charge < -0.3 is 25.2 Å². The van der Waals surface area contributed by atoms with Crippen LogP contribution < -0.4 is 0 Å². The maximum absolute atomic E-state index is 11.2. The number of aliphatic hydroxyl groups is 4. The minimum absolute atomic E-state index is 0.533. The standard InChI is InChI=1S/C26H22O5/c27-17-22-24(28)25(29)26(30,15-14-18-6-2-1-3-7-18)23(31-22)13-11-19-10-12-20-8-4-5-9-21(20)16-19/h1-10,12,16,22-25,27-30H,17H2/t22-,23-,24-,25+,26-/m1/s1. The molecule has 1 aliphatic heterocycles. The zero-order chi connectivity index (χ0) is 21.8. The molecule has 156 valence electrons. The van der Waals surface area contributed by atoms with Gasteiger partial charge in [-0.2, -0.15) is 0 Å². The molecule has 1 saturated heterocycles. The largest absolute Gasteiger partial charge is 0.394 e. The van der Waals surface area contributed by atoms with Gasteiger partial charge in [0.1, 0.15) is 18.3 Å². The van der Waals surface area contributed by atoms with Crippen molar-refractivity contribution in [2.75, 3.05) is 6.61 Å². The molecule has 4 rings (SSSR count). The lowest BCUT2D eigenvalue weighted by Gasteiger charge is -2.43. The Hall–Kier alpha value is -3.16. The van der Waals surface area contributed by atoms with E-state index in [9.17, 15) is 20.4 Å². The van der Waals surface area contributed by atoms with Crippen LogP contribution in [0.5, 0.6) is 0 Å². The lowest BCUT2D eigenvalue weighted by Crippen LogP contribution is -2.65. The fourth-order valence-electron chi connectivity index (χ4n) is 3.52. The molecule has 0 saturated carbocycles. The number of benzene rings is 3. The van der Waals surface area contributed by atoms with Crippen molar-refractivity contribution in [2.45, 2.75) is 30.0 Å². The van der Waals surface area contributed by atoms with Gasteiger partial charge in [0, 0.05) is 11.1 Å². The Morgan fingerprint density at radius 1 is 0.839 bits per heavy atom. The minimum Gasteiger partial charge on any atom is -0.394 e. The Labute approximate surface area is 180 Å². The van der Waals surface area contributed by atoms with E-state index in [-0.39, 0.29) is 0 Å². The predicted octanol–water partition coefficient (Wildman–Crippen LogP) is 1.46. The summed E-state index contributed by atoms with van der Waals surface area (Å²) in [4.78, 5) is 0. The molecule has 0 spiro atoms. The highest BCUT2D eigenvalue weighted by Gasteiger charge is 2.53. The molecule has 1 fully saturated rings. The summed E-state index contributed by atoms with van der Waals surface area (Å²) in [7, 11) is 0. The van der Waals surface area contributed by atoms with E-state index in [1.165, 1.54) is 0 Å². The van der Waals surface area contributed by atoms with Crippen LogP contribution in [0.25, 0.3) is 10.8 Å². The molecule has 5 atom stereocenters. The van der Waals surface area contributed by atoms with Crippen LogP contribution in [-0.4, -0.2) is 57.0 Å². The Kier molecular flexibility index (Phi) is 6.06. The summed E-state index contributed by atoms with van der Waals surface area (Å²) < 4.78 is 5.65. The van der Waals surface area contributed by atoms with E-state index in [0.717, 1.165) is 10.8 Å². The number of fused-ring (bicyclic) bond motifs is 1. The Bertz CT molecular complexity index is 1180. The van der Waals surface area contributed by atoms with E-state index in [2.05, 4.69) is 23.7 Å². The van der Waals surface area contributed by atoms with Gasteiger partial charge in [-0.15, -0.1) is 0 Å². The fourth-order valence-corrected chi connectivity index (χ4v) is 3.52. The van der Waals surface area contributed by atoms with Gasteiger partial charge in [0.25, 0.3) is 0 Å². The van der Waals surface area contributed by atoms with E-state index < -0.39 is 36.6 Å². The molecular weight excluding hydrogens is 392 g/mol. The monoisotopic (exact) mass is 414 g/mol. The van der Waals surface area contributed by atoms with Crippen LogP contribution in [0.1, 0.15) is 11.1 Å². The van der Waals surface area contributed by atoms with Gasteiger partial charge in [0.15, 0.2) is 11.7 Å². The van der Waals surface area contributed by atoms with Crippen molar-refractivity contribution in [3.05, 3.63) is 83.9 Å². The second kappa shape index (κ2) is 8.91. The third kappa shape index (κ3) is 4.33. The van der Waals surface area contributed by atoms with E-state index in [1.54, 1.807) is 24.3 Å². The Morgan fingerprint density at radius 2 is 1.55 bits per heavy atom. The smallest absolute Gasteiger partial charge is 0.191 e. The normalized spacial score (nSPS) is 27.6. The molecule has 31 heavy (non-hydrogen) atoms. The van der Waals surface area contributed by atoms with Crippen molar-refractivity contribution in [3.63, 3.8) is 0 Å². The summed E-state index contributed by atoms with van der Waals surface area (Å²) in [6, 6.07) is 22.5. The molecule has 0 aliphatic carbocycles. The predicted molar refractivity (Wildman–Crippen MR) is 117 cm³/mol. The lowest BCUT2D eigenvalue weighted by molar-refractivity contribution is -0.239. The first-order valence-corrected chi connectivity index (χ1v) is 9.94. The summed E-state index contributed by atoms with van der Waals surface area (Å²) >= 11 is 0. The summed E-state index contributed by atoms with van der Waals surface area (Å²) in [6.07, 6.45) is -5.53. The minimum atomic E-state index is -2.15. The van der Waals surface area contributed by atoms with Gasteiger partial charge in [-0.25, -0.2) is 0 Å². The summed E-state index contributed by atoms with van der Waals surface area (Å²) in [5.41, 5.74) is -0.824. The van der Waals surface area contributed by atoms with E-state index in [1.807, 2.05) is 48.5 Å². The number of ether oxygens (including phenoxy) is 1. The van der Waals surface area contributed by atoms with Gasteiger partial charge >= 0.3 is 0 Å². The number of hydrogen-bond acceptors (Lipinski definition) is 5. The molecule has 0 radical (unpaired) electrons. The third-order valence-corrected chi connectivity index (χ3v) is 5.32. The lowest BCUT2D eigenvalue weighted by atomic mass is 9.82. The van der Waals surface area contributed by atoms with Gasteiger partial charge in [-0.1, -0.05) is 72.2 Å². The summed E-state index contributed by atoms with van der Waals surface area (Å²) in [6.45, 7) is -0.533. The maximum atomic E-state index is 11.2. The third-order valence-electron chi connectivity index (χ3n) is 5.32. The van der Waals surface area contributed by atoms with Crippen molar-refractivity contribution >= 4 is 10.8 Å². The highest BCUT2D eigenvalue weighted by atomic mass is 16.5. The Balaban J connectivity index is 1.71. The second-order valence-electron chi connectivity index (χ2n) is 7.45. The topological polar surface area (TPSA) is 90.2 Å². The van der Waals surface area contributed by atoms with Crippen molar-refractivity contribution < 1.29 is 25.2 Å². The van der Waals surface area contributed by atoms with E-state index in [0.29, 0.717) is 11.1 Å². The number of hydrogen-bond donors (Lipinski definition) is 4. The molecule has 0 bridgehead atoms. The van der Waals surface area contributed by atoms with Crippen LogP contribution in [0.4, 0.5) is 0 Å². The van der Waals surface area contributed by atoms with Crippen LogP contribution >= 0.6 is 0 Å².